The summed E-state index contributed by atoms with van der Waals surface area (Å²) in [5.41, 5.74) is 7.23. The minimum Gasteiger partial charge on any atom is -0.399 e. The van der Waals surface area contributed by atoms with Crippen molar-refractivity contribution in [3.8, 4) is 0 Å². The van der Waals surface area contributed by atoms with E-state index in [0.29, 0.717) is 5.69 Å². The number of halogens is 1. The zero-order valence-corrected chi connectivity index (χ0v) is 8.97. The Kier molecular flexibility index (Phi) is 2.14. The third-order valence-corrected chi connectivity index (χ3v) is 2.69. The number of nitrogen functional groups attached to an aromatic ring is 1. The van der Waals surface area contributed by atoms with E-state index < -0.39 is 0 Å². The van der Waals surface area contributed by atoms with Crippen molar-refractivity contribution in [1.29, 1.82) is 0 Å². The van der Waals surface area contributed by atoms with Gasteiger partial charge in [0.05, 0.1) is 10.7 Å². The second kappa shape index (κ2) is 3.66. The molecule has 84 valence electrons. The van der Waals surface area contributed by atoms with Gasteiger partial charge >= 0.3 is 0 Å². The molecular weight excluding hydrogens is 217 g/mol. The topological polar surface area (TPSA) is 50.7 Å². The van der Waals surface area contributed by atoms with E-state index in [2.05, 4.69) is 9.98 Å². The smallest absolute Gasteiger partial charge is 0.166 e. The first-order chi connectivity index (χ1) is 8.22. The van der Waals surface area contributed by atoms with E-state index in [0.717, 1.165) is 16.3 Å². The summed E-state index contributed by atoms with van der Waals surface area (Å²) < 4.78 is 12.8. The normalized spacial score (nSPS) is 17.1. The largest absolute Gasteiger partial charge is 0.399 e. The summed E-state index contributed by atoms with van der Waals surface area (Å²) in [5, 5.41) is 1.62. The van der Waals surface area contributed by atoms with Gasteiger partial charge in [0.2, 0.25) is 0 Å². The Hall–Kier alpha value is -2.23. The predicted molar refractivity (Wildman–Crippen MR) is 62.3 cm³/mol. The highest BCUT2D eigenvalue weighted by Crippen LogP contribution is 2.19. The van der Waals surface area contributed by atoms with E-state index in [9.17, 15) is 4.39 Å². The van der Waals surface area contributed by atoms with Gasteiger partial charge in [0.1, 0.15) is 5.82 Å². The van der Waals surface area contributed by atoms with Crippen molar-refractivity contribution in [1.82, 2.24) is 0 Å². The predicted octanol–water partition coefficient (Wildman–Crippen LogP) is 1.36. The molecule has 0 aromatic heterocycles. The summed E-state index contributed by atoms with van der Waals surface area (Å²) >= 11 is 0. The molecule has 0 spiro atoms. The highest BCUT2D eigenvalue weighted by Gasteiger charge is 2.12. The summed E-state index contributed by atoms with van der Waals surface area (Å²) in [5.74, 6) is -0.256. The Balaban J connectivity index is 2.07. The van der Waals surface area contributed by atoms with E-state index in [1.54, 1.807) is 24.3 Å². The van der Waals surface area contributed by atoms with E-state index in [4.69, 9.17) is 5.73 Å². The van der Waals surface area contributed by atoms with Gasteiger partial charge in [0, 0.05) is 5.69 Å². The quantitative estimate of drug-likeness (QED) is 0.735. The molecule has 0 fully saturated rings. The van der Waals surface area contributed by atoms with E-state index in [1.807, 2.05) is 6.07 Å². The number of nitrogens with two attached hydrogens (primary N) is 1. The summed E-state index contributed by atoms with van der Waals surface area (Å²) in [6.45, 7) is 0. The summed E-state index contributed by atoms with van der Waals surface area (Å²) in [4.78, 5) is 8.89. The fraction of sp³-hybridized carbons (Fsp3) is 0.0769. The van der Waals surface area contributed by atoms with Gasteiger partial charge in [-0.1, -0.05) is 12.1 Å². The van der Waals surface area contributed by atoms with Crippen molar-refractivity contribution in [2.75, 3.05) is 5.73 Å². The van der Waals surface area contributed by atoms with Gasteiger partial charge in [-0.15, -0.1) is 0 Å². The molecule has 1 aliphatic rings. The molecular formula is C13H10FN3. The van der Waals surface area contributed by atoms with Crippen molar-refractivity contribution < 1.29 is 4.39 Å². The lowest BCUT2D eigenvalue weighted by atomic mass is 10.2. The van der Waals surface area contributed by atoms with Crippen molar-refractivity contribution in [2.24, 2.45) is 9.98 Å². The van der Waals surface area contributed by atoms with Crippen molar-refractivity contribution >= 4 is 5.69 Å². The van der Waals surface area contributed by atoms with Crippen molar-refractivity contribution in [3.05, 3.63) is 64.6 Å². The van der Waals surface area contributed by atoms with Crippen LogP contribution in [0, 0.1) is 5.82 Å². The second-order valence-electron chi connectivity index (χ2n) is 3.93. The summed E-state index contributed by atoms with van der Waals surface area (Å²) in [6.07, 6.45) is -0.285. The number of hydrogen-bond donors (Lipinski definition) is 1. The molecule has 1 atom stereocenters. The lowest BCUT2D eigenvalue weighted by molar-refractivity contribution is 0.625. The Bertz CT molecular complexity index is 677. The molecule has 2 N–H and O–H groups in total. The van der Waals surface area contributed by atoms with E-state index in [1.165, 1.54) is 12.1 Å². The molecule has 0 bridgehead atoms. The average molecular weight is 227 g/mol. The van der Waals surface area contributed by atoms with Crippen LogP contribution in [0.3, 0.4) is 0 Å². The third-order valence-electron chi connectivity index (χ3n) is 2.69. The Labute approximate surface area is 97.1 Å². The molecule has 0 radical (unpaired) electrons. The van der Waals surface area contributed by atoms with Crippen LogP contribution in [0.15, 0.2) is 52.4 Å². The molecule has 3 rings (SSSR count). The van der Waals surface area contributed by atoms with Gasteiger partial charge in [0.25, 0.3) is 0 Å². The maximum absolute atomic E-state index is 12.8. The van der Waals surface area contributed by atoms with Gasteiger partial charge < -0.3 is 5.73 Å². The van der Waals surface area contributed by atoms with E-state index in [-0.39, 0.29) is 12.0 Å². The Morgan fingerprint density at radius 2 is 1.65 bits per heavy atom. The Morgan fingerprint density at radius 1 is 0.941 bits per heavy atom. The van der Waals surface area contributed by atoms with Gasteiger partial charge in [-0.05, 0) is 35.9 Å². The van der Waals surface area contributed by atoms with Crippen LogP contribution in [0.5, 0.6) is 0 Å². The number of hydrogen-bond acceptors (Lipinski definition) is 3. The molecule has 2 aromatic rings. The fourth-order valence-electron chi connectivity index (χ4n) is 1.83. The first kappa shape index (κ1) is 9.96. The number of anilines is 1. The maximum atomic E-state index is 12.8. The molecule has 2 aromatic carbocycles. The number of rotatable bonds is 1. The molecule has 0 saturated heterocycles. The molecule has 3 nitrogen and oxygen atoms in total. The molecule has 1 heterocycles. The van der Waals surface area contributed by atoms with Crippen LogP contribution in [0.25, 0.3) is 0 Å². The van der Waals surface area contributed by atoms with Gasteiger partial charge in [-0.25, -0.2) is 4.39 Å². The van der Waals surface area contributed by atoms with Crippen molar-refractivity contribution in [2.45, 2.75) is 6.17 Å². The molecule has 0 saturated carbocycles. The standard InChI is InChI=1S/C13H10FN3/c14-9-3-1-8(2-4-9)13-16-11-6-5-10(15)7-12(11)17-13/h1-7,13H,15H2/t13-/m0/s1. The Morgan fingerprint density at radius 3 is 2.41 bits per heavy atom. The highest BCUT2D eigenvalue weighted by molar-refractivity contribution is 5.36. The van der Waals surface area contributed by atoms with Crippen molar-refractivity contribution in [3.63, 3.8) is 0 Å². The average Bonchev–Trinajstić information content (AvgIpc) is 2.72. The van der Waals surface area contributed by atoms with Crippen LogP contribution in [0.4, 0.5) is 10.1 Å². The van der Waals surface area contributed by atoms with Crippen LogP contribution in [0.2, 0.25) is 0 Å². The van der Waals surface area contributed by atoms with Crippen LogP contribution in [-0.2, 0) is 0 Å². The summed E-state index contributed by atoms with van der Waals surface area (Å²) in [6, 6.07) is 11.7. The first-order valence-electron chi connectivity index (χ1n) is 5.29. The SMILES string of the molecule is Nc1ccc2c(c1)=N[C@@H](c1ccc(F)cc1)N=2. The lowest BCUT2D eigenvalue weighted by Crippen LogP contribution is -2.21. The molecule has 0 aliphatic carbocycles. The molecule has 1 aliphatic heterocycles. The third kappa shape index (κ3) is 1.78. The molecule has 17 heavy (non-hydrogen) atoms. The van der Waals surface area contributed by atoms with E-state index >= 15 is 0 Å². The number of nitrogens with zero attached hydrogens (tertiary/aromatic N) is 2. The minimum absolute atomic E-state index is 0.256. The zero-order chi connectivity index (χ0) is 11.8. The van der Waals surface area contributed by atoms with Gasteiger partial charge in [0.15, 0.2) is 6.17 Å². The maximum Gasteiger partial charge on any atom is 0.166 e. The number of benzene rings is 2. The van der Waals surface area contributed by atoms with Crippen LogP contribution >= 0.6 is 0 Å². The van der Waals surface area contributed by atoms with Gasteiger partial charge in [-0.2, -0.15) is 0 Å². The minimum atomic E-state index is -0.285. The molecule has 0 amide bonds. The highest BCUT2D eigenvalue weighted by atomic mass is 19.1. The van der Waals surface area contributed by atoms with Crippen LogP contribution in [0.1, 0.15) is 11.7 Å². The number of fused-ring (bicyclic) bond motifs is 1. The molecule has 0 unspecified atom stereocenters. The monoisotopic (exact) mass is 227 g/mol. The lowest BCUT2D eigenvalue weighted by Gasteiger charge is -2.03. The second-order valence-corrected chi connectivity index (χ2v) is 3.93. The molecule has 4 heteroatoms. The first-order valence-corrected chi connectivity index (χ1v) is 5.29. The fourth-order valence-corrected chi connectivity index (χ4v) is 1.83. The zero-order valence-electron chi connectivity index (χ0n) is 8.97. The van der Waals surface area contributed by atoms with Gasteiger partial charge in [-0.3, -0.25) is 9.98 Å². The van der Waals surface area contributed by atoms with Crippen LogP contribution < -0.4 is 16.4 Å². The summed E-state index contributed by atoms with van der Waals surface area (Å²) in [7, 11) is 0. The van der Waals surface area contributed by atoms with Crippen LogP contribution in [-0.4, -0.2) is 0 Å².